The van der Waals surface area contributed by atoms with Gasteiger partial charge in [0.05, 0.1) is 7.11 Å². The molecule has 1 N–H and O–H groups in total. The summed E-state index contributed by atoms with van der Waals surface area (Å²) in [7, 11) is 1.59. The van der Waals surface area contributed by atoms with E-state index in [2.05, 4.69) is 45.9 Å². The highest BCUT2D eigenvalue weighted by atomic mass is 16.5. The van der Waals surface area contributed by atoms with Crippen LogP contribution in [0.3, 0.4) is 0 Å². The molecule has 1 aliphatic rings. The van der Waals surface area contributed by atoms with Crippen LogP contribution < -0.4 is 4.74 Å². The number of hydrogen-bond donors (Lipinski definition) is 1. The molecule has 0 spiro atoms. The smallest absolute Gasteiger partial charge is 0.342 e. The number of methoxy groups -OCH3 is 1. The minimum absolute atomic E-state index is 0.0102. The number of hydrogen-bond acceptors (Lipinski definition) is 4. The van der Waals surface area contributed by atoms with Gasteiger partial charge in [-0.1, -0.05) is 34.9 Å². The van der Waals surface area contributed by atoms with E-state index in [1.54, 1.807) is 7.11 Å². The maximum Gasteiger partial charge on any atom is 0.342 e. The van der Waals surface area contributed by atoms with Gasteiger partial charge in [0.1, 0.15) is 23.7 Å². The van der Waals surface area contributed by atoms with Crippen LogP contribution in [-0.4, -0.2) is 18.2 Å². The van der Waals surface area contributed by atoms with Crippen LogP contribution in [0.25, 0.3) is 0 Å². The van der Waals surface area contributed by atoms with Gasteiger partial charge in [-0.25, -0.2) is 4.79 Å². The van der Waals surface area contributed by atoms with Crippen LogP contribution >= 0.6 is 0 Å². The molecule has 1 heterocycles. The Morgan fingerprint density at radius 3 is 2.31 bits per heavy atom. The van der Waals surface area contributed by atoms with Crippen molar-refractivity contribution in [3.63, 3.8) is 0 Å². The molecule has 1 aromatic carbocycles. The molecule has 4 nitrogen and oxygen atoms in total. The van der Waals surface area contributed by atoms with E-state index in [0.29, 0.717) is 23.3 Å². The van der Waals surface area contributed by atoms with E-state index in [-0.39, 0.29) is 12.4 Å². The first-order valence-corrected chi connectivity index (χ1v) is 10.3. The lowest BCUT2D eigenvalue weighted by molar-refractivity contribution is 0.0533. The third-order valence-corrected chi connectivity index (χ3v) is 5.43. The number of allylic oxidation sites excluding steroid dienone is 6. The molecule has 0 aliphatic carbocycles. The predicted octanol–water partition coefficient (Wildman–Crippen LogP) is 6.34. The molecule has 0 radical (unpaired) electrons. The molecular weight excluding hydrogens is 364 g/mol. The van der Waals surface area contributed by atoms with E-state index in [1.807, 2.05) is 6.92 Å². The van der Waals surface area contributed by atoms with Crippen molar-refractivity contribution in [3.8, 4) is 11.5 Å². The molecule has 158 valence electrons. The molecule has 0 aromatic heterocycles. The van der Waals surface area contributed by atoms with Crippen molar-refractivity contribution in [2.45, 2.75) is 73.3 Å². The molecular formula is C25H34O4. The van der Waals surface area contributed by atoms with Gasteiger partial charge >= 0.3 is 5.97 Å². The normalized spacial score (nSPS) is 13.9. The van der Waals surface area contributed by atoms with Gasteiger partial charge in [0.25, 0.3) is 0 Å². The molecule has 0 saturated heterocycles. The lowest BCUT2D eigenvalue weighted by Gasteiger charge is -2.15. The summed E-state index contributed by atoms with van der Waals surface area (Å²) in [4.78, 5) is 12.0. The number of carbonyl (C=O) groups is 1. The Hall–Kier alpha value is -2.49. The van der Waals surface area contributed by atoms with Crippen molar-refractivity contribution < 1.29 is 19.4 Å². The molecule has 2 rings (SSSR count). The first-order valence-electron chi connectivity index (χ1n) is 10.3. The fourth-order valence-corrected chi connectivity index (χ4v) is 3.64. The lowest BCUT2D eigenvalue weighted by Crippen LogP contribution is -2.03. The van der Waals surface area contributed by atoms with E-state index < -0.39 is 5.97 Å². The first-order chi connectivity index (χ1) is 13.8. The van der Waals surface area contributed by atoms with Gasteiger partial charge in [0.2, 0.25) is 0 Å². The summed E-state index contributed by atoms with van der Waals surface area (Å²) in [5.41, 5.74) is 6.56. The van der Waals surface area contributed by atoms with Crippen LogP contribution in [0.2, 0.25) is 0 Å². The third kappa shape index (κ3) is 5.75. The van der Waals surface area contributed by atoms with Crippen molar-refractivity contribution in [2.24, 2.45) is 0 Å². The largest absolute Gasteiger partial charge is 0.507 e. The van der Waals surface area contributed by atoms with E-state index >= 15 is 0 Å². The zero-order valence-electron chi connectivity index (χ0n) is 18.6. The van der Waals surface area contributed by atoms with Gasteiger partial charge in [0, 0.05) is 11.1 Å². The van der Waals surface area contributed by atoms with Crippen molar-refractivity contribution in [2.75, 3.05) is 7.11 Å². The number of phenolic OH excluding ortho intramolecular Hbond substituents is 1. The summed E-state index contributed by atoms with van der Waals surface area (Å²) in [5.74, 6) is 0.168. The number of carbonyl (C=O) groups excluding carboxylic acids is 1. The molecule has 0 unspecified atom stereocenters. The Kier molecular flexibility index (Phi) is 8.12. The molecule has 0 atom stereocenters. The summed E-state index contributed by atoms with van der Waals surface area (Å²) in [5, 5.41) is 10.7. The standard InChI is InChI=1S/C25H34O4/c1-16(2)9-7-10-17(3)11-8-12-18(4)13-14-20-23(26)22-21(15-29-25(22)27)19(5)24(20)28-6/h9,11,13,26H,7-8,10,12,14-15H2,1-6H3/b17-11+,18-13+. The third-order valence-electron chi connectivity index (χ3n) is 5.43. The summed E-state index contributed by atoms with van der Waals surface area (Å²) >= 11 is 0. The van der Waals surface area contributed by atoms with E-state index in [4.69, 9.17) is 9.47 Å². The second kappa shape index (κ2) is 10.3. The Balaban J connectivity index is 2.06. The summed E-state index contributed by atoms with van der Waals surface area (Å²) in [6.45, 7) is 10.6. The van der Waals surface area contributed by atoms with Crippen molar-refractivity contribution in [1.29, 1.82) is 0 Å². The van der Waals surface area contributed by atoms with Crippen molar-refractivity contribution in [1.82, 2.24) is 0 Å². The maximum atomic E-state index is 12.0. The molecule has 1 aliphatic heterocycles. The van der Waals surface area contributed by atoms with Crippen LogP contribution in [0.5, 0.6) is 11.5 Å². The highest BCUT2D eigenvalue weighted by molar-refractivity contribution is 5.98. The molecule has 0 bridgehead atoms. The Labute approximate surface area is 174 Å². The second-order valence-corrected chi connectivity index (χ2v) is 8.08. The minimum Gasteiger partial charge on any atom is -0.507 e. The zero-order chi connectivity index (χ0) is 21.6. The molecule has 4 heteroatoms. The number of rotatable bonds is 9. The monoisotopic (exact) mass is 398 g/mol. The van der Waals surface area contributed by atoms with Crippen LogP contribution in [0.1, 0.15) is 80.4 Å². The summed E-state index contributed by atoms with van der Waals surface area (Å²) in [6, 6.07) is 0. The highest BCUT2D eigenvalue weighted by Gasteiger charge is 2.31. The Morgan fingerprint density at radius 1 is 1.07 bits per heavy atom. The maximum absolute atomic E-state index is 12.0. The second-order valence-electron chi connectivity index (χ2n) is 8.08. The molecule has 0 amide bonds. The number of fused-ring (bicyclic) bond motifs is 1. The molecule has 0 fully saturated rings. The fraction of sp³-hybridized carbons (Fsp3) is 0.480. The molecule has 0 saturated carbocycles. The fourth-order valence-electron chi connectivity index (χ4n) is 3.64. The number of phenols is 1. The van der Waals surface area contributed by atoms with Crippen molar-refractivity contribution in [3.05, 3.63) is 57.2 Å². The van der Waals surface area contributed by atoms with Crippen molar-refractivity contribution >= 4 is 5.97 Å². The molecule has 1 aromatic rings. The van der Waals surface area contributed by atoms with E-state index in [9.17, 15) is 9.90 Å². The van der Waals surface area contributed by atoms with Gasteiger partial charge in [-0.05, 0) is 72.3 Å². The van der Waals surface area contributed by atoms with Crippen LogP contribution in [0.15, 0.2) is 34.9 Å². The summed E-state index contributed by atoms with van der Waals surface area (Å²) < 4.78 is 10.6. The minimum atomic E-state index is -0.459. The topological polar surface area (TPSA) is 55.8 Å². The quantitative estimate of drug-likeness (QED) is 0.389. The van der Waals surface area contributed by atoms with E-state index in [1.165, 1.54) is 16.7 Å². The average molecular weight is 399 g/mol. The van der Waals surface area contributed by atoms with Gasteiger partial charge in [-0.3, -0.25) is 0 Å². The zero-order valence-corrected chi connectivity index (χ0v) is 18.6. The number of cyclic esters (lactones) is 1. The molecule has 29 heavy (non-hydrogen) atoms. The predicted molar refractivity (Wildman–Crippen MR) is 118 cm³/mol. The number of benzene rings is 1. The lowest BCUT2D eigenvalue weighted by atomic mass is 9.94. The number of aromatic hydroxyl groups is 1. The first kappa shape index (κ1) is 22.8. The van der Waals surface area contributed by atoms with Gasteiger partial charge in [0.15, 0.2) is 0 Å². The van der Waals surface area contributed by atoms with Gasteiger partial charge in [-0.2, -0.15) is 0 Å². The Bertz CT molecular complexity index is 852. The van der Waals surface area contributed by atoms with Gasteiger partial charge in [-0.15, -0.1) is 0 Å². The van der Waals surface area contributed by atoms with Gasteiger partial charge < -0.3 is 14.6 Å². The summed E-state index contributed by atoms with van der Waals surface area (Å²) in [6.07, 6.45) is 11.4. The van der Waals surface area contributed by atoms with Crippen LogP contribution in [0.4, 0.5) is 0 Å². The van der Waals surface area contributed by atoms with Crippen LogP contribution in [-0.2, 0) is 17.8 Å². The number of ether oxygens (including phenoxy) is 2. The highest BCUT2D eigenvalue weighted by Crippen LogP contribution is 2.42. The Morgan fingerprint density at radius 2 is 1.69 bits per heavy atom. The average Bonchev–Trinajstić information content (AvgIpc) is 3.05. The SMILES string of the molecule is COc1c(C)c2c(c(O)c1C/C=C(\C)CC/C=C(\C)CCC=C(C)C)C(=O)OC2. The van der Waals surface area contributed by atoms with E-state index in [0.717, 1.165) is 36.8 Å². The number of esters is 1. The van der Waals surface area contributed by atoms with Crippen LogP contribution in [0, 0.1) is 6.92 Å².